The van der Waals surface area contributed by atoms with Crippen molar-refractivity contribution in [1.82, 2.24) is 19.6 Å². The SMILES string of the molecule is CCCn1nccc1NC(=O)CN1CCC(N2CCO[C@H](C)C2)CC1. The number of aromatic nitrogens is 2. The Bertz CT molecular complexity index is 553. The number of morpholine rings is 1. The highest BCUT2D eigenvalue weighted by Gasteiger charge is 2.28. The van der Waals surface area contributed by atoms with Crippen LogP contribution in [-0.2, 0) is 16.1 Å². The van der Waals surface area contributed by atoms with E-state index in [-0.39, 0.29) is 5.91 Å². The van der Waals surface area contributed by atoms with Crippen LogP contribution in [0.15, 0.2) is 12.3 Å². The van der Waals surface area contributed by atoms with Crippen LogP contribution in [0.1, 0.15) is 33.1 Å². The van der Waals surface area contributed by atoms with Crippen molar-refractivity contribution < 1.29 is 9.53 Å². The van der Waals surface area contributed by atoms with Gasteiger partial charge < -0.3 is 10.1 Å². The number of anilines is 1. The van der Waals surface area contributed by atoms with Gasteiger partial charge >= 0.3 is 0 Å². The summed E-state index contributed by atoms with van der Waals surface area (Å²) >= 11 is 0. The Balaban J connectivity index is 1.42. The van der Waals surface area contributed by atoms with Crippen LogP contribution in [0.4, 0.5) is 5.82 Å². The van der Waals surface area contributed by atoms with Gasteiger partial charge in [-0.3, -0.25) is 14.6 Å². The molecule has 0 spiro atoms. The van der Waals surface area contributed by atoms with E-state index < -0.39 is 0 Å². The van der Waals surface area contributed by atoms with E-state index in [4.69, 9.17) is 4.74 Å². The van der Waals surface area contributed by atoms with Crippen LogP contribution in [0.3, 0.4) is 0 Å². The zero-order valence-electron chi connectivity index (χ0n) is 15.5. The van der Waals surface area contributed by atoms with Gasteiger partial charge in [-0.25, -0.2) is 4.68 Å². The van der Waals surface area contributed by atoms with E-state index in [9.17, 15) is 4.79 Å². The van der Waals surface area contributed by atoms with Crippen molar-refractivity contribution in [3.8, 4) is 0 Å². The van der Waals surface area contributed by atoms with Crippen LogP contribution in [0.25, 0.3) is 0 Å². The maximum Gasteiger partial charge on any atom is 0.239 e. The van der Waals surface area contributed by atoms with Crippen LogP contribution in [0.5, 0.6) is 0 Å². The zero-order valence-corrected chi connectivity index (χ0v) is 15.5. The van der Waals surface area contributed by atoms with Gasteiger partial charge in [0.1, 0.15) is 5.82 Å². The molecular formula is C18H31N5O2. The van der Waals surface area contributed by atoms with Crippen LogP contribution < -0.4 is 5.32 Å². The summed E-state index contributed by atoms with van der Waals surface area (Å²) in [6, 6.07) is 2.50. The van der Waals surface area contributed by atoms with Crippen molar-refractivity contribution >= 4 is 11.7 Å². The number of piperidine rings is 1. The third-order valence-electron chi connectivity index (χ3n) is 5.13. The van der Waals surface area contributed by atoms with Crippen molar-refractivity contribution in [2.75, 3.05) is 44.6 Å². The largest absolute Gasteiger partial charge is 0.376 e. The van der Waals surface area contributed by atoms with Gasteiger partial charge in [-0.15, -0.1) is 0 Å². The van der Waals surface area contributed by atoms with E-state index in [0.717, 1.165) is 64.4 Å². The minimum atomic E-state index is 0.0521. The Kier molecular flexibility index (Phi) is 6.45. The van der Waals surface area contributed by atoms with Crippen LogP contribution in [0.2, 0.25) is 0 Å². The van der Waals surface area contributed by atoms with E-state index >= 15 is 0 Å². The normalized spacial score (nSPS) is 23.7. The van der Waals surface area contributed by atoms with Gasteiger partial charge in [-0.05, 0) is 26.2 Å². The van der Waals surface area contributed by atoms with E-state index in [0.29, 0.717) is 18.7 Å². The molecular weight excluding hydrogens is 318 g/mol. The molecule has 25 heavy (non-hydrogen) atoms. The Morgan fingerprint density at radius 2 is 2.16 bits per heavy atom. The minimum Gasteiger partial charge on any atom is -0.376 e. The van der Waals surface area contributed by atoms with Gasteiger partial charge in [0.25, 0.3) is 0 Å². The molecule has 0 radical (unpaired) electrons. The molecule has 2 fully saturated rings. The van der Waals surface area contributed by atoms with Gasteiger partial charge in [0.05, 0.1) is 25.5 Å². The predicted octanol–water partition coefficient (Wildman–Crippen LogP) is 1.42. The number of rotatable bonds is 6. The number of ether oxygens (including phenoxy) is 1. The average Bonchev–Trinajstić information content (AvgIpc) is 3.03. The molecule has 1 atom stereocenters. The second kappa shape index (κ2) is 8.78. The molecule has 7 heteroatoms. The van der Waals surface area contributed by atoms with Crippen molar-refractivity contribution in [3.63, 3.8) is 0 Å². The number of hydrogen-bond donors (Lipinski definition) is 1. The molecule has 3 heterocycles. The van der Waals surface area contributed by atoms with Crippen LogP contribution in [0, 0.1) is 0 Å². The fourth-order valence-electron chi connectivity index (χ4n) is 3.83. The van der Waals surface area contributed by atoms with Crippen LogP contribution in [-0.4, -0.2) is 77.0 Å². The number of carbonyl (C=O) groups excluding carboxylic acids is 1. The lowest BCUT2D eigenvalue weighted by Crippen LogP contribution is -2.51. The number of amides is 1. The smallest absolute Gasteiger partial charge is 0.239 e. The number of nitrogens with zero attached hydrogens (tertiary/aromatic N) is 4. The summed E-state index contributed by atoms with van der Waals surface area (Å²) in [6.07, 6.45) is 5.34. The third-order valence-corrected chi connectivity index (χ3v) is 5.13. The molecule has 1 amide bonds. The third kappa shape index (κ3) is 5.03. The molecule has 2 aliphatic rings. The topological polar surface area (TPSA) is 62.6 Å². The summed E-state index contributed by atoms with van der Waals surface area (Å²) < 4.78 is 7.49. The highest BCUT2D eigenvalue weighted by atomic mass is 16.5. The molecule has 2 aliphatic heterocycles. The molecule has 1 N–H and O–H groups in total. The highest BCUT2D eigenvalue weighted by Crippen LogP contribution is 2.19. The second-order valence-corrected chi connectivity index (χ2v) is 7.17. The fraction of sp³-hybridized carbons (Fsp3) is 0.778. The lowest BCUT2D eigenvalue weighted by molar-refractivity contribution is -0.117. The van der Waals surface area contributed by atoms with Crippen LogP contribution >= 0.6 is 0 Å². The maximum absolute atomic E-state index is 12.3. The summed E-state index contributed by atoms with van der Waals surface area (Å²) in [5.74, 6) is 0.848. The van der Waals surface area contributed by atoms with Gasteiger partial charge in [-0.1, -0.05) is 6.92 Å². The van der Waals surface area contributed by atoms with Gasteiger partial charge in [0.2, 0.25) is 5.91 Å². The molecule has 7 nitrogen and oxygen atoms in total. The Labute approximate surface area is 150 Å². The number of likely N-dealkylation sites (tertiary alicyclic amines) is 1. The van der Waals surface area contributed by atoms with E-state index in [1.54, 1.807) is 6.20 Å². The monoisotopic (exact) mass is 349 g/mol. The van der Waals surface area contributed by atoms with E-state index in [1.165, 1.54) is 0 Å². The van der Waals surface area contributed by atoms with E-state index in [1.807, 2.05) is 10.7 Å². The van der Waals surface area contributed by atoms with Crippen molar-refractivity contribution in [3.05, 3.63) is 12.3 Å². The number of hydrogen-bond acceptors (Lipinski definition) is 5. The second-order valence-electron chi connectivity index (χ2n) is 7.17. The molecule has 0 aliphatic carbocycles. The van der Waals surface area contributed by atoms with Crippen molar-refractivity contribution in [1.29, 1.82) is 0 Å². The first-order chi connectivity index (χ1) is 12.2. The zero-order chi connectivity index (χ0) is 17.6. The Hall–Kier alpha value is -1.44. The summed E-state index contributed by atoms with van der Waals surface area (Å²) in [5.41, 5.74) is 0. The standard InChI is InChI=1S/C18H31N5O2/c1-3-8-23-17(4-7-19-23)20-18(24)14-21-9-5-16(6-10-21)22-11-12-25-15(2)13-22/h4,7,15-16H,3,5-6,8-14H2,1-2H3,(H,20,24)/t15-/m1/s1. The summed E-state index contributed by atoms with van der Waals surface area (Å²) in [4.78, 5) is 17.2. The predicted molar refractivity (Wildman–Crippen MR) is 97.6 cm³/mol. The average molecular weight is 349 g/mol. The maximum atomic E-state index is 12.3. The van der Waals surface area contributed by atoms with Gasteiger partial charge in [0.15, 0.2) is 0 Å². The molecule has 0 unspecified atom stereocenters. The lowest BCUT2D eigenvalue weighted by Gasteiger charge is -2.41. The first kappa shape index (κ1) is 18.4. The molecule has 1 aromatic heterocycles. The van der Waals surface area contributed by atoms with Gasteiger partial charge in [0, 0.05) is 44.8 Å². The van der Waals surface area contributed by atoms with Crippen molar-refractivity contribution in [2.45, 2.75) is 51.8 Å². The fourth-order valence-corrected chi connectivity index (χ4v) is 3.83. The number of nitrogens with one attached hydrogen (secondary N) is 1. The first-order valence-corrected chi connectivity index (χ1v) is 9.55. The number of aryl methyl sites for hydroxylation is 1. The lowest BCUT2D eigenvalue weighted by atomic mass is 10.0. The summed E-state index contributed by atoms with van der Waals surface area (Å²) in [6.45, 7) is 10.4. The van der Waals surface area contributed by atoms with Crippen molar-refractivity contribution in [2.24, 2.45) is 0 Å². The molecule has 0 bridgehead atoms. The Morgan fingerprint density at radius 3 is 2.88 bits per heavy atom. The summed E-state index contributed by atoms with van der Waals surface area (Å²) in [7, 11) is 0. The van der Waals surface area contributed by atoms with Gasteiger partial charge in [-0.2, -0.15) is 5.10 Å². The highest BCUT2D eigenvalue weighted by molar-refractivity contribution is 5.91. The summed E-state index contributed by atoms with van der Waals surface area (Å²) in [5, 5.41) is 7.24. The molecule has 2 saturated heterocycles. The molecule has 1 aromatic rings. The van der Waals surface area contributed by atoms with E-state index in [2.05, 4.69) is 34.1 Å². The quantitative estimate of drug-likeness (QED) is 0.841. The minimum absolute atomic E-state index is 0.0521. The first-order valence-electron chi connectivity index (χ1n) is 9.55. The number of carbonyl (C=O) groups is 1. The molecule has 140 valence electrons. The Morgan fingerprint density at radius 1 is 1.36 bits per heavy atom. The molecule has 0 saturated carbocycles. The molecule has 0 aromatic carbocycles. The molecule has 3 rings (SSSR count).